The molecule has 0 heterocycles. The van der Waals surface area contributed by atoms with Gasteiger partial charge < -0.3 is 0 Å². The van der Waals surface area contributed by atoms with Gasteiger partial charge >= 0.3 is 0 Å². The first-order valence-electron chi connectivity index (χ1n) is 7.04. The van der Waals surface area contributed by atoms with E-state index >= 15 is 0 Å². The van der Waals surface area contributed by atoms with Gasteiger partial charge in [0.25, 0.3) is 0 Å². The standard InChI is InChI=1S/C14H31Si/c1-5-9-12-15(8-4,13-10-6-2)14-11-7-3/h4-14H2,1-3H3. The van der Waals surface area contributed by atoms with E-state index in [0.717, 1.165) is 0 Å². The van der Waals surface area contributed by atoms with Gasteiger partial charge in [-0.25, -0.2) is 0 Å². The zero-order chi connectivity index (χ0) is 11.6. The van der Waals surface area contributed by atoms with Gasteiger partial charge in [0, 0.05) is 0 Å². The van der Waals surface area contributed by atoms with Crippen molar-refractivity contribution in [3.8, 4) is 0 Å². The largest absolute Gasteiger partial charge is 0.0654 e. The molecular weight excluding hydrogens is 196 g/mol. The van der Waals surface area contributed by atoms with Crippen LogP contribution in [0, 0.1) is 6.92 Å². The van der Waals surface area contributed by atoms with Crippen LogP contribution in [-0.4, -0.2) is 8.07 Å². The van der Waals surface area contributed by atoms with Crippen LogP contribution in [0.15, 0.2) is 0 Å². The normalized spacial score (nSPS) is 12.0. The maximum absolute atomic E-state index is 4.28. The average Bonchev–Trinajstić information content (AvgIpc) is 2.29. The highest BCUT2D eigenvalue weighted by Crippen LogP contribution is 2.31. The number of unbranched alkanes of at least 4 members (excludes halogenated alkanes) is 3. The molecule has 0 saturated carbocycles. The fourth-order valence-corrected chi connectivity index (χ4v) is 7.22. The Hall–Kier alpha value is 0.217. The lowest BCUT2D eigenvalue weighted by atomic mass is 10.4. The summed E-state index contributed by atoms with van der Waals surface area (Å²) in [7, 11) is -0.944. The lowest BCUT2D eigenvalue weighted by molar-refractivity contribution is 0.790. The summed E-state index contributed by atoms with van der Waals surface area (Å²) in [5.74, 6) is 0. The fourth-order valence-electron chi connectivity index (χ4n) is 2.41. The molecule has 0 spiro atoms. The quantitative estimate of drug-likeness (QED) is 0.422. The maximum Gasteiger partial charge on any atom is 0.0535 e. The van der Waals surface area contributed by atoms with Crippen molar-refractivity contribution >= 4 is 8.07 Å². The fraction of sp³-hybridized carbons (Fsp3) is 0.929. The van der Waals surface area contributed by atoms with E-state index in [1.165, 1.54) is 44.6 Å². The van der Waals surface area contributed by atoms with Gasteiger partial charge in [0.2, 0.25) is 0 Å². The molecule has 0 amide bonds. The predicted octanol–water partition coefficient (Wildman–Crippen LogP) is 5.67. The van der Waals surface area contributed by atoms with Crippen LogP contribution in [0.4, 0.5) is 0 Å². The molecule has 0 unspecified atom stereocenters. The summed E-state index contributed by atoms with van der Waals surface area (Å²) >= 11 is 0. The molecule has 0 fully saturated rings. The van der Waals surface area contributed by atoms with Gasteiger partial charge in [-0.15, -0.1) is 0 Å². The Morgan fingerprint density at radius 3 is 1.27 bits per heavy atom. The first kappa shape index (κ1) is 15.2. The SMILES string of the molecule is [CH2]C[Si](CCCC)(CCCC)CCCC. The lowest BCUT2D eigenvalue weighted by Crippen LogP contribution is -2.32. The summed E-state index contributed by atoms with van der Waals surface area (Å²) in [6.45, 7) is 11.2. The van der Waals surface area contributed by atoms with Crippen molar-refractivity contribution in [3.05, 3.63) is 6.92 Å². The van der Waals surface area contributed by atoms with Crippen molar-refractivity contribution < 1.29 is 0 Å². The van der Waals surface area contributed by atoms with E-state index in [4.69, 9.17) is 0 Å². The summed E-state index contributed by atoms with van der Waals surface area (Å²) < 4.78 is 0. The number of hydrogen-bond acceptors (Lipinski definition) is 0. The summed E-state index contributed by atoms with van der Waals surface area (Å²) in [5, 5.41) is 0. The Labute approximate surface area is 98.9 Å². The Bertz CT molecular complexity index is 110. The van der Waals surface area contributed by atoms with Crippen molar-refractivity contribution in [2.45, 2.75) is 83.5 Å². The highest BCUT2D eigenvalue weighted by atomic mass is 28.3. The van der Waals surface area contributed by atoms with Gasteiger partial charge in [0.1, 0.15) is 0 Å². The molecule has 0 bridgehead atoms. The molecule has 0 aliphatic heterocycles. The predicted molar refractivity (Wildman–Crippen MR) is 75.1 cm³/mol. The molecule has 0 aromatic heterocycles. The molecule has 0 rings (SSSR count). The van der Waals surface area contributed by atoms with Crippen molar-refractivity contribution in [3.63, 3.8) is 0 Å². The summed E-state index contributed by atoms with van der Waals surface area (Å²) in [6, 6.07) is 5.93. The second kappa shape index (κ2) is 9.44. The minimum Gasteiger partial charge on any atom is -0.0654 e. The zero-order valence-corrected chi connectivity index (χ0v) is 12.3. The minimum absolute atomic E-state index is 0.944. The van der Waals surface area contributed by atoms with Crippen molar-refractivity contribution in [2.75, 3.05) is 0 Å². The Balaban J connectivity index is 4.16. The molecule has 91 valence electrons. The first-order valence-corrected chi connectivity index (χ1v) is 9.86. The Morgan fingerprint density at radius 2 is 1.07 bits per heavy atom. The summed E-state index contributed by atoms with van der Waals surface area (Å²) in [5.41, 5.74) is 0. The maximum atomic E-state index is 4.28. The molecule has 1 heteroatoms. The molecule has 0 nitrogen and oxygen atoms in total. The zero-order valence-electron chi connectivity index (χ0n) is 11.3. The van der Waals surface area contributed by atoms with Gasteiger partial charge in [-0.1, -0.05) is 90.4 Å². The van der Waals surface area contributed by atoms with Crippen LogP contribution in [0.25, 0.3) is 0 Å². The van der Waals surface area contributed by atoms with E-state index in [0.29, 0.717) is 0 Å². The van der Waals surface area contributed by atoms with Crippen LogP contribution < -0.4 is 0 Å². The topological polar surface area (TPSA) is 0 Å². The van der Waals surface area contributed by atoms with Crippen LogP contribution >= 0.6 is 0 Å². The van der Waals surface area contributed by atoms with Crippen molar-refractivity contribution in [1.29, 1.82) is 0 Å². The van der Waals surface area contributed by atoms with Gasteiger partial charge in [-0.3, -0.25) is 0 Å². The minimum atomic E-state index is -0.944. The molecule has 0 atom stereocenters. The molecule has 15 heavy (non-hydrogen) atoms. The summed E-state index contributed by atoms with van der Waals surface area (Å²) in [4.78, 5) is 0. The third-order valence-corrected chi connectivity index (χ3v) is 9.02. The second-order valence-corrected chi connectivity index (χ2v) is 10.1. The molecular formula is C14H31Si. The molecule has 0 aliphatic carbocycles. The second-order valence-electron chi connectivity index (χ2n) is 5.06. The van der Waals surface area contributed by atoms with Crippen molar-refractivity contribution in [1.82, 2.24) is 0 Å². The van der Waals surface area contributed by atoms with Crippen LogP contribution in [-0.2, 0) is 0 Å². The van der Waals surface area contributed by atoms with E-state index in [-0.39, 0.29) is 0 Å². The number of rotatable bonds is 10. The van der Waals surface area contributed by atoms with E-state index < -0.39 is 8.07 Å². The van der Waals surface area contributed by atoms with E-state index in [9.17, 15) is 0 Å². The Morgan fingerprint density at radius 1 is 0.733 bits per heavy atom. The van der Waals surface area contributed by atoms with Gasteiger partial charge in [0.15, 0.2) is 0 Å². The third-order valence-electron chi connectivity index (χ3n) is 3.71. The monoisotopic (exact) mass is 227 g/mol. The highest BCUT2D eigenvalue weighted by Gasteiger charge is 2.28. The molecule has 0 aliphatic rings. The first-order chi connectivity index (χ1) is 7.24. The highest BCUT2D eigenvalue weighted by molar-refractivity contribution is 6.80. The van der Waals surface area contributed by atoms with E-state index in [2.05, 4.69) is 27.7 Å². The molecule has 0 aromatic rings. The smallest absolute Gasteiger partial charge is 0.0535 e. The Kier molecular flexibility index (Phi) is 9.58. The van der Waals surface area contributed by atoms with Crippen LogP contribution in [0.5, 0.6) is 0 Å². The average molecular weight is 227 g/mol. The van der Waals surface area contributed by atoms with Gasteiger partial charge in [0.05, 0.1) is 8.07 Å². The van der Waals surface area contributed by atoms with E-state index in [1.54, 1.807) is 18.1 Å². The van der Waals surface area contributed by atoms with Crippen molar-refractivity contribution in [2.24, 2.45) is 0 Å². The number of hydrogen-bond donors (Lipinski definition) is 0. The third kappa shape index (κ3) is 6.39. The van der Waals surface area contributed by atoms with Crippen LogP contribution in [0.3, 0.4) is 0 Å². The van der Waals surface area contributed by atoms with Gasteiger partial charge in [-0.05, 0) is 0 Å². The van der Waals surface area contributed by atoms with Crippen LogP contribution in [0.2, 0.25) is 24.2 Å². The molecule has 1 radical (unpaired) electrons. The molecule has 0 N–H and O–H groups in total. The lowest BCUT2D eigenvalue weighted by Gasteiger charge is -2.31. The molecule has 0 saturated heterocycles. The van der Waals surface area contributed by atoms with E-state index in [1.807, 2.05) is 0 Å². The van der Waals surface area contributed by atoms with Gasteiger partial charge in [-0.2, -0.15) is 0 Å². The molecule has 0 aromatic carbocycles. The van der Waals surface area contributed by atoms with Crippen LogP contribution in [0.1, 0.15) is 59.3 Å². The summed E-state index contributed by atoms with van der Waals surface area (Å²) in [6.07, 6.45) is 8.46.